The first-order valence-electron chi connectivity index (χ1n) is 7.70. The van der Waals surface area contributed by atoms with Gasteiger partial charge in [-0.2, -0.15) is 0 Å². The Balaban J connectivity index is 1.91. The molecule has 110 valence electrons. The summed E-state index contributed by atoms with van der Waals surface area (Å²) in [4.78, 5) is 2.11. The van der Waals surface area contributed by atoms with Crippen molar-refractivity contribution in [2.75, 3.05) is 23.3 Å². The second-order valence-electron chi connectivity index (χ2n) is 5.93. The number of aliphatic hydroxyl groups is 1. The van der Waals surface area contributed by atoms with Crippen LogP contribution in [0, 0.1) is 5.82 Å². The van der Waals surface area contributed by atoms with Crippen molar-refractivity contribution in [2.24, 2.45) is 0 Å². The van der Waals surface area contributed by atoms with E-state index in [9.17, 15) is 9.50 Å². The summed E-state index contributed by atoms with van der Waals surface area (Å²) in [6, 6.07) is 3.95. The van der Waals surface area contributed by atoms with Crippen molar-refractivity contribution < 1.29 is 9.50 Å². The summed E-state index contributed by atoms with van der Waals surface area (Å²) >= 11 is 0. The van der Waals surface area contributed by atoms with Crippen LogP contribution in [0.2, 0.25) is 0 Å². The lowest BCUT2D eigenvalue weighted by Gasteiger charge is -2.36. The zero-order valence-corrected chi connectivity index (χ0v) is 12.0. The molecular weight excluding hydrogens is 255 g/mol. The van der Waals surface area contributed by atoms with Gasteiger partial charge in [0.15, 0.2) is 0 Å². The molecule has 4 heteroatoms. The Morgan fingerprint density at radius 2 is 2.05 bits per heavy atom. The van der Waals surface area contributed by atoms with E-state index in [0.717, 1.165) is 62.1 Å². The number of halogens is 1. The molecule has 2 aliphatic rings. The third-order valence-electron chi connectivity index (χ3n) is 4.61. The highest BCUT2D eigenvalue weighted by atomic mass is 19.1. The van der Waals surface area contributed by atoms with Crippen LogP contribution in [0.3, 0.4) is 0 Å². The molecule has 0 amide bonds. The third kappa shape index (κ3) is 2.49. The first-order chi connectivity index (χ1) is 9.69. The molecule has 1 aromatic rings. The number of hydrogen-bond acceptors (Lipinski definition) is 3. The van der Waals surface area contributed by atoms with Crippen molar-refractivity contribution in [1.82, 2.24) is 0 Å². The van der Waals surface area contributed by atoms with Crippen molar-refractivity contribution in [3.63, 3.8) is 0 Å². The predicted molar refractivity (Wildman–Crippen MR) is 79.9 cm³/mol. The van der Waals surface area contributed by atoms with E-state index in [4.69, 9.17) is 0 Å². The molecule has 1 fully saturated rings. The average molecular weight is 278 g/mol. The fourth-order valence-corrected chi connectivity index (χ4v) is 3.34. The van der Waals surface area contributed by atoms with E-state index in [-0.39, 0.29) is 11.9 Å². The summed E-state index contributed by atoms with van der Waals surface area (Å²) in [7, 11) is 0. The smallest absolute Gasteiger partial charge is 0.146 e. The lowest BCUT2D eigenvalue weighted by molar-refractivity contribution is 0.145. The Bertz CT molecular complexity index is 484. The van der Waals surface area contributed by atoms with Gasteiger partial charge in [-0.25, -0.2) is 4.39 Å². The molecule has 2 N–H and O–H groups in total. The normalized spacial score (nSPS) is 23.4. The number of fused-ring (bicyclic) bond motifs is 1. The highest BCUT2D eigenvalue weighted by molar-refractivity contribution is 5.69. The maximum atomic E-state index is 14.3. The number of rotatable bonds is 2. The summed E-state index contributed by atoms with van der Waals surface area (Å²) in [6.07, 6.45) is 4.34. The number of aliphatic hydroxyl groups excluding tert-OH is 1. The highest BCUT2D eigenvalue weighted by Crippen LogP contribution is 2.37. The minimum absolute atomic E-state index is 0.128. The summed E-state index contributed by atoms with van der Waals surface area (Å²) < 4.78 is 14.3. The number of nitrogens with one attached hydrogen (secondary N) is 1. The van der Waals surface area contributed by atoms with Crippen LogP contribution in [0.4, 0.5) is 15.8 Å². The maximum Gasteiger partial charge on any atom is 0.146 e. The van der Waals surface area contributed by atoms with Crippen LogP contribution in [0.1, 0.15) is 38.2 Å². The molecule has 1 aromatic carbocycles. The van der Waals surface area contributed by atoms with Gasteiger partial charge in [-0.1, -0.05) is 6.92 Å². The van der Waals surface area contributed by atoms with Crippen molar-refractivity contribution in [1.29, 1.82) is 0 Å². The van der Waals surface area contributed by atoms with Gasteiger partial charge in [-0.05, 0) is 44.2 Å². The van der Waals surface area contributed by atoms with Crippen LogP contribution in [-0.4, -0.2) is 30.3 Å². The molecule has 3 nitrogen and oxygen atoms in total. The summed E-state index contributed by atoms with van der Waals surface area (Å²) in [5.74, 6) is -0.128. The molecule has 0 aromatic heterocycles. The lowest BCUT2D eigenvalue weighted by atomic mass is 9.93. The number of anilines is 2. The molecule has 3 rings (SSSR count). The van der Waals surface area contributed by atoms with E-state index in [1.807, 2.05) is 6.07 Å². The Hall–Kier alpha value is -1.29. The molecule has 1 saturated heterocycles. The minimum atomic E-state index is -0.226. The van der Waals surface area contributed by atoms with Crippen LogP contribution in [0.5, 0.6) is 0 Å². The quantitative estimate of drug-likeness (QED) is 0.873. The van der Waals surface area contributed by atoms with Gasteiger partial charge >= 0.3 is 0 Å². The van der Waals surface area contributed by atoms with E-state index in [2.05, 4.69) is 17.1 Å². The molecule has 20 heavy (non-hydrogen) atoms. The first kappa shape index (κ1) is 13.7. The average Bonchev–Trinajstić information content (AvgIpc) is 2.48. The van der Waals surface area contributed by atoms with Gasteiger partial charge in [0.2, 0.25) is 0 Å². The van der Waals surface area contributed by atoms with Crippen LogP contribution in [0.15, 0.2) is 12.1 Å². The molecular formula is C16H23FN2O. The van der Waals surface area contributed by atoms with E-state index in [1.54, 1.807) is 6.07 Å². The van der Waals surface area contributed by atoms with Crippen molar-refractivity contribution >= 4 is 11.4 Å². The SMILES string of the molecule is CCC1CCc2c(ccc(F)c2N2CCC(O)CC2)N1. The number of benzene rings is 1. The fraction of sp³-hybridized carbons (Fsp3) is 0.625. The molecule has 0 saturated carbocycles. The molecule has 1 atom stereocenters. The maximum absolute atomic E-state index is 14.3. The Morgan fingerprint density at radius 3 is 2.75 bits per heavy atom. The highest BCUT2D eigenvalue weighted by Gasteiger charge is 2.26. The largest absolute Gasteiger partial charge is 0.393 e. The van der Waals surface area contributed by atoms with Gasteiger partial charge in [-0.3, -0.25) is 0 Å². The van der Waals surface area contributed by atoms with E-state index in [1.165, 1.54) is 0 Å². The topological polar surface area (TPSA) is 35.5 Å². The first-order valence-corrected chi connectivity index (χ1v) is 7.70. The third-order valence-corrected chi connectivity index (χ3v) is 4.61. The van der Waals surface area contributed by atoms with Crippen LogP contribution >= 0.6 is 0 Å². The summed E-state index contributed by atoms with van der Waals surface area (Å²) in [5.41, 5.74) is 2.97. The summed E-state index contributed by atoms with van der Waals surface area (Å²) in [5, 5.41) is 13.1. The van der Waals surface area contributed by atoms with Crippen LogP contribution in [0.25, 0.3) is 0 Å². The fourth-order valence-electron chi connectivity index (χ4n) is 3.34. The number of nitrogens with zero attached hydrogens (tertiary/aromatic N) is 1. The van der Waals surface area contributed by atoms with E-state index in [0.29, 0.717) is 6.04 Å². The van der Waals surface area contributed by atoms with Gasteiger partial charge in [0.1, 0.15) is 5.82 Å². The van der Waals surface area contributed by atoms with Gasteiger partial charge in [-0.15, -0.1) is 0 Å². The minimum Gasteiger partial charge on any atom is -0.393 e. The molecule has 0 bridgehead atoms. The van der Waals surface area contributed by atoms with Crippen molar-refractivity contribution in [3.05, 3.63) is 23.5 Å². The number of hydrogen-bond donors (Lipinski definition) is 2. The standard InChI is InChI=1S/C16H23FN2O/c1-2-11-3-4-13-15(18-11)6-5-14(17)16(13)19-9-7-12(20)8-10-19/h5-6,11-12,18,20H,2-4,7-10H2,1H3. The molecule has 1 unspecified atom stereocenters. The second-order valence-corrected chi connectivity index (χ2v) is 5.93. The van der Waals surface area contributed by atoms with Gasteiger partial charge in [0.25, 0.3) is 0 Å². The lowest BCUT2D eigenvalue weighted by Crippen LogP contribution is -2.37. The second kappa shape index (κ2) is 5.60. The van der Waals surface area contributed by atoms with Crippen LogP contribution in [-0.2, 0) is 6.42 Å². The monoisotopic (exact) mass is 278 g/mol. The molecule has 2 heterocycles. The van der Waals surface area contributed by atoms with E-state index >= 15 is 0 Å². The summed E-state index contributed by atoms with van der Waals surface area (Å²) in [6.45, 7) is 3.66. The van der Waals surface area contributed by atoms with E-state index < -0.39 is 0 Å². The molecule has 0 radical (unpaired) electrons. The zero-order valence-electron chi connectivity index (χ0n) is 12.0. The van der Waals surface area contributed by atoms with Gasteiger partial charge in [0.05, 0.1) is 11.8 Å². The van der Waals surface area contributed by atoms with Crippen molar-refractivity contribution in [2.45, 2.75) is 51.2 Å². The predicted octanol–water partition coefficient (Wildman–Crippen LogP) is 2.92. The Morgan fingerprint density at radius 1 is 1.30 bits per heavy atom. The van der Waals surface area contributed by atoms with Gasteiger partial charge < -0.3 is 15.3 Å². The number of piperidine rings is 1. The Kier molecular flexibility index (Phi) is 3.83. The molecule has 2 aliphatic heterocycles. The van der Waals surface area contributed by atoms with Crippen LogP contribution < -0.4 is 10.2 Å². The molecule has 0 aliphatic carbocycles. The van der Waals surface area contributed by atoms with Gasteiger partial charge in [0, 0.05) is 30.4 Å². The molecule has 0 spiro atoms. The van der Waals surface area contributed by atoms with Crippen molar-refractivity contribution in [3.8, 4) is 0 Å². The Labute approximate surface area is 119 Å². The zero-order chi connectivity index (χ0) is 14.1.